The number of halogens is 1. The second kappa shape index (κ2) is 7.72. The average Bonchev–Trinajstić information content (AvgIpc) is 2.75. The minimum Gasteiger partial charge on any atom is -0.368 e. The predicted molar refractivity (Wildman–Crippen MR) is 118 cm³/mol. The third-order valence-electron chi connectivity index (χ3n) is 7.38. The molecule has 1 aromatic carbocycles. The minimum absolute atomic E-state index is 0.293. The molecule has 156 valence electrons. The molecule has 4 fully saturated rings. The molecule has 6 rings (SSSR count). The molecular formula is C23H27ClN6. The van der Waals surface area contributed by atoms with E-state index in [1.165, 1.54) is 32.1 Å². The summed E-state index contributed by atoms with van der Waals surface area (Å²) in [6, 6.07) is 10.3. The second-order valence-electron chi connectivity index (χ2n) is 9.45. The Morgan fingerprint density at radius 3 is 2.57 bits per heavy atom. The van der Waals surface area contributed by atoms with E-state index in [4.69, 9.17) is 17.3 Å². The molecule has 1 heterocycles. The van der Waals surface area contributed by atoms with Gasteiger partial charge in [0, 0.05) is 24.2 Å². The lowest BCUT2D eigenvalue weighted by atomic mass is 9.48. The van der Waals surface area contributed by atoms with E-state index in [9.17, 15) is 5.26 Å². The summed E-state index contributed by atoms with van der Waals surface area (Å²) in [5.41, 5.74) is 8.35. The standard InChI is InChI=1S/C23H27ClN6/c24-19-3-1-14(2-4-19)11-27-22-28-12-18(10-25)21(30-22)29-13-23-7-15-5-16(8-23)20(26)17(6-15)9-23/h1-4,12,15-17,20H,5-9,11,13,26H2,(H2,27,28,29,30)/t15?,16-,17+,20?,23?. The Bertz CT molecular complexity index is 953. The summed E-state index contributed by atoms with van der Waals surface area (Å²) in [5.74, 6) is 3.28. The van der Waals surface area contributed by atoms with Crippen LogP contribution in [0, 0.1) is 34.5 Å². The fourth-order valence-corrected chi connectivity index (χ4v) is 6.31. The Kier molecular flexibility index (Phi) is 5.04. The normalized spacial score (nSPS) is 31.4. The van der Waals surface area contributed by atoms with Gasteiger partial charge in [0.15, 0.2) is 0 Å². The number of nitrogens with zero attached hydrogens (tertiary/aromatic N) is 3. The van der Waals surface area contributed by atoms with Crippen molar-refractivity contribution < 1.29 is 0 Å². The zero-order valence-corrected chi connectivity index (χ0v) is 17.7. The molecule has 4 N–H and O–H groups in total. The molecule has 0 radical (unpaired) electrons. The predicted octanol–water partition coefficient (Wildman–Crippen LogP) is 4.18. The molecule has 0 saturated heterocycles. The molecule has 0 aliphatic heterocycles. The summed E-state index contributed by atoms with van der Waals surface area (Å²) in [4.78, 5) is 8.90. The van der Waals surface area contributed by atoms with Gasteiger partial charge in [-0.25, -0.2) is 4.98 Å². The van der Waals surface area contributed by atoms with Crippen LogP contribution in [0.5, 0.6) is 0 Å². The van der Waals surface area contributed by atoms with Gasteiger partial charge < -0.3 is 16.4 Å². The summed E-state index contributed by atoms with van der Waals surface area (Å²) >= 11 is 5.95. The molecule has 7 heteroatoms. The number of nitrogens with two attached hydrogens (primary N) is 1. The molecule has 2 aromatic rings. The van der Waals surface area contributed by atoms with Crippen molar-refractivity contribution >= 4 is 23.4 Å². The topological polar surface area (TPSA) is 99.6 Å². The lowest BCUT2D eigenvalue weighted by Crippen LogP contribution is -2.58. The van der Waals surface area contributed by atoms with Gasteiger partial charge in [-0.05, 0) is 73.0 Å². The van der Waals surface area contributed by atoms with E-state index in [0.717, 1.165) is 18.0 Å². The Hall–Kier alpha value is -2.36. The molecule has 5 atom stereocenters. The van der Waals surface area contributed by atoms with Gasteiger partial charge in [0.1, 0.15) is 17.5 Å². The zero-order valence-electron chi connectivity index (χ0n) is 16.9. The highest BCUT2D eigenvalue weighted by Crippen LogP contribution is 2.59. The third-order valence-corrected chi connectivity index (χ3v) is 7.63. The first-order chi connectivity index (χ1) is 14.5. The van der Waals surface area contributed by atoms with Crippen LogP contribution in [0.2, 0.25) is 5.02 Å². The molecule has 0 spiro atoms. The number of nitrogens with one attached hydrogen (secondary N) is 2. The van der Waals surface area contributed by atoms with Crippen LogP contribution in [0.4, 0.5) is 11.8 Å². The average molecular weight is 423 g/mol. The maximum atomic E-state index is 9.52. The highest BCUT2D eigenvalue weighted by Gasteiger charge is 2.54. The Labute approximate surface area is 182 Å². The number of nitriles is 1. The smallest absolute Gasteiger partial charge is 0.224 e. The third kappa shape index (κ3) is 3.73. The summed E-state index contributed by atoms with van der Waals surface area (Å²) in [6.45, 7) is 1.45. The summed E-state index contributed by atoms with van der Waals surface area (Å²) < 4.78 is 0. The number of rotatable bonds is 6. The Morgan fingerprint density at radius 1 is 1.13 bits per heavy atom. The van der Waals surface area contributed by atoms with E-state index in [1.807, 2.05) is 24.3 Å². The van der Waals surface area contributed by atoms with Crippen LogP contribution in [0.1, 0.15) is 43.2 Å². The lowest BCUT2D eigenvalue weighted by Gasteiger charge is -2.59. The van der Waals surface area contributed by atoms with Gasteiger partial charge >= 0.3 is 0 Å². The van der Waals surface area contributed by atoms with Crippen molar-refractivity contribution in [3.63, 3.8) is 0 Å². The number of aromatic nitrogens is 2. The van der Waals surface area contributed by atoms with Gasteiger partial charge in [-0.1, -0.05) is 23.7 Å². The number of anilines is 2. The van der Waals surface area contributed by atoms with Crippen LogP contribution in [-0.4, -0.2) is 22.6 Å². The number of hydrogen-bond acceptors (Lipinski definition) is 6. The molecule has 4 aliphatic rings. The molecule has 4 aliphatic carbocycles. The largest absolute Gasteiger partial charge is 0.368 e. The summed E-state index contributed by atoms with van der Waals surface area (Å²) in [7, 11) is 0. The van der Waals surface area contributed by atoms with Crippen molar-refractivity contribution in [3.8, 4) is 6.07 Å². The molecular weight excluding hydrogens is 396 g/mol. The van der Waals surface area contributed by atoms with E-state index in [-0.39, 0.29) is 0 Å². The SMILES string of the molecule is N#Cc1cnc(NCc2ccc(Cl)cc2)nc1NCC12CC3C[C@H](C1)C(N)[C@@H](C3)C2. The van der Waals surface area contributed by atoms with Crippen molar-refractivity contribution in [3.05, 3.63) is 46.6 Å². The monoisotopic (exact) mass is 422 g/mol. The van der Waals surface area contributed by atoms with Crippen LogP contribution in [-0.2, 0) is 6.54 Å². The van der Waals surface area contributed by atoms with E-state index in [0.29, 0.717) is 52.2 Å². The fraction of sp³-hybridized carbons (Fsp3) is 0.522. The van der Waals surface area contributed by atoms with E-state index >= 15 is 0 Å². The highest BCUT2D eigenvalue weighted by molar-refractivity contribution is 6.30. The van der Waals surface area contributed by atoms with Crippen LogP contribution in [0.25, 0.3) is 0 Å². The quantitative estimate of drug-likeness (QED) is 0.645. The highest BCUT2D eigenvalue weighted by atomic mass is 35.5. The maximum absolute atomic E-state index is 9.52. The van der Waals surface area contributed by atoms with Gasteiger partial charge in [-0.15, -0.1) is 0 Å². The van der Waals surface area contributed by atoms with Crippen molar-refractivity contribution in [2.24, 2.45) is 28.9 Å². The molecule has 3 unspecified atom stereocenters. The van der Waals surface area contributed by atoms with Gasteiger partial charge in [-0.2, -0.15) is 10.2 Å². The van der Waals surface area contributed by atoms with Gasteiger partial charge in [0.25, 0.3) is 0 Å². The van der Waals surface area contributed by atoms with E-state index < -0.39 is 0 Å². The van der Waals surface area contributed by atoms with Crippen molar-refractivity contribution in [2.75, 3.05) is 17.2 Å². The minimum atomic E-state index is 0.293. The second-order valence-corrected chi connectivity index (χ2v) is 9.89. The Balaban J connectivity index is 1.28. The first-order valence-electron chi connectivity index (χ1n) is 10.8. The van der Waals surface area contributed by atoms with E-state index in [2.05, 4.69) is 26.7 Å². The Morgan fingerprint density at radius 2 is 1.87 bits per heavy atom. The van der Waals surface area contributed by atoms with Crippen molar-refractivity contribution in [1.29, 1.82) is 5.26 Å². The fourth-order valence-electron chi connectivity index (χ4n) is 6.19. The van der Waals surface area contributed by atoms with Gasteiger partial charge in [0.2, 0.25) is 5.95 Å². The first kappa shape index (κ1) is 19.6. The van der Waals surface area contributed by atoms with Crippen LogP contribution >= 0.6 is 11.6 Å². The molecule has 4 bridgehead atoms. The summed E-state index contributed by atoms with van der Waals surface area (Å²) in [5, 5.41) is 17.0. The lowest BCUT2D eigenvalue weighted by molar-refractivity contribution is -0.0591. The molecule has 1 aromatic heterocycles. The molecule has 30 heavy (non-hydrogen) atoms. The number of hydrogen-bond donors (Lipinski definition) is 3. The van der Waals surface area contributed by atoms with Gasteiger partial charge in [-0.3, -0.25) is 0 Å². The maximum Gasteiger partial charge on any atom is 0.224 e. The first-order valence-corrected chi connectivity index (χ1v) is 11.2. The van der Waals surface area contributed by atoms with Crippen molar-refractivity contribution in [2.45, 2.75) is 44.7 Å². The molecule has 4 saturated carbocycles. The van der Waals surface area contributed by atoms with Gasteiger partial charge in [0.05, 0.1) is 6.20 Å². The molecule has 0 amide bonds. The zero-order chi connectivity index (χ0) is 20.7. The van der Waals surface area contributed by atoms with E-state index in [1.54, 1.807) is 6.20 Å². The van der Waals surface area contributed by atoms with Crippen LogP contribution in [0.3, 0.4) is 0 Å². The van der Waals surface area contributed by atoms with Crippen LogP contribution in [0.15, 0.2) is 30.5 Å². The summed E-state index contributed by atoms with van der Waals surface area (Å²) in [6.07, 6.45) is 7.86. The number of benzene rings is 1. The van der Waals surface area contributed by atoms with Crippen molar-refractivity contribution in [1.82, 2.24) is 9.97 Å². The molecule has 6 nitrogen and oxygen atoms in total. The van der Waals surface area contributed by atoms with Crippen LogP contribution < -0.4 is 16.4 Å².